The van der Waals surface area contributed by atoms with E-state index in [1.54, 1.807) is 0 Å². The molecular formula is C12H10BrClIN3. The van der Waals surface area contributed by atoms with E-state index in [9.17, 15) is 0 Å². The lowest BCUT2D eigenvalue weighted by Gasteiger charge is -2.10. The SMILES string of the molecule is CNc1nc(-c2ccc(Cl)cc2Br)nc(C)c1I. The summed E-state index contributed by atoms with van der Waals surface area (Å²) < 4.78 is 1.92. The van der Waals surface area contributed by atoms with Crippen LogP contribution < -0.4 is 5.32 Å². The van der Waals surface area contributed by atoms with Crippen LogP contribution in [-0.4, -0.2) is 17.0 Å². The molecule has 0 unspecified atom stereocenters. The normalized spacial score (nSPS) is 10.5. The van der Waals surface area contributed by atoms with Gasteiger partial charge in [-0.25, -0.2) is 9.97 Å². The summed E-state index contributed by atoms with van der Waals surface area (Å²) in [6, 6.07) is 5.58. The van der Waals surface area contributed by atoms with Crippen LogP contribution in [0.25, 0.3) is 11.4 Å². The summed E-state index contributed by atoms with van der Waals surface area (Å²) in [5, 5.41) is 3.76. The van der Waals surface area contributed by atoms with Crippen LogP contribution in [0.4, 0.5) is 5.82 Å². The Kier molecular flexibility index (Phi) is 4.45. The van der Waals surface area contributed by atoms with Crippen molar-refractivity contribution in [1.82, 2.24) is 9.97 Å². The smallest absolute Gasteiger partial charge is 0.162 e. The molecule has 1 heterocycles. The highest BCUT2D eigenvalue weighted by Crippen LogP contribution is 2.30. The van der Waals surface area contributed by atoms with Crippen molar-refractivity contribution in [1.29, 1.82) is 0 Å². The molecule has 0 aliphatic heterocycles. The van der Waals surface area contributed by atoms with Gasteiger partial charge in [-0.2, -0.15) is 0 Å². The van der Waals surface area contributed by atoms with Gasteiger partial charge >= 0.3 is 0 Å². The van der Waals surface area contributed by atoms with Crippen LogP contribution in [0.3, 0.4) is 0 Å². The van der Waals surface area contributed by atoms with Crippen LogP contribution in [0.5, 0.6) is 0 Å². The Balaban J connectivity index is 2.60. The number of hydrogen-bond acceptors (Lipinski definition) is 3. The molecule has 6 heteroatoms. The fraction of sp³-hybridized carbons (Fsp3) is 0.167. The van der Waals surface area contributed by atoms with Gasteiger partial charge in [0.2, 0.25) is 0 Å². The second-order valence-corrected chi connectivity index (χ2v) is 6.04. The molecule has 0 spiro atoms. The predicted octanol–water partition coefficient (Wildman–Crippen LogP) is 4.51. The van der Waals surface area contributed by atoms with Crippen molar-refractivity contribution in [3.8, 4) is 11.4 Å². The molecule has 1 aromatic carbocycles. The zero-order chi connectivity index (χ0) is 13.3. The Bertz CT molecular complexity index is 604. The van der Waals surface area contributed by atoms with E-state index < -0.39 is 0 Å². The van der Waals surface area contributed by atoms with Gasteiger partial charge in [0, 0.05) is 22.1 Å². The number of halogens is 3. The van der Waals surface area contributed by atoms with Crippen molar-refractivity contribution in [2.45, 2.75) is 6.92 Å². The largest absolute Gasteiger partial charge is 0.372 e. The minimum Gasteiger partial charge on any atom is -0.372 e. The maximum atomic E-state index is 5.94. The van der Waals surface area contributed by atoms with Crippen LogP contribution in [0.1, 0.15) is 5.69 Å². The van der Waals surface area contributed by atoms with Gasteiger partial charge in [0.25, 0.3) is 0 Å². The molecule has 2 rings (SSSR count). The van der Waals surface area contributed by atoms with E-state index >= 15 is 0 Å². The average molecular weight is 438 g/mol. The van der Waals surface area contributed by atoms with Crippen molar-refractivity contribution in [3.05, 3.63) is 37.0 Å². The quantitative estimate of drug-likeness (QED) is 0.701. The molecule has 0 bridgehead atoms. The minimum absolute atomic E-state index is 0.681. The molecule has 1 aromatic heterocycles. The Morgan fingerprint density at radius 3 is 2.67 bits per heavy atom. The number of nitrogens with zero attached hydrogens (tertiary/aromatic N) is 2. The van der Waals surface area contributed by atoms with E-state index in [2.05, 4.69) is 53.8 Å². The Morgan fingerprint density at radius 1 is 1.33 bits per heavy atom. The van der Waals surface area contributed by atoms with E-state index in [1.807, 2.05) is 32.2 Å². The van der Waals surface area contributed by atoms with Gasteiger partial charge in [-0.3, -0.25) is 0 Å². The summed E-state index contributed by atoms with van der Waals surface area (Å²) in [7, 11) is 1.85. The molecule has 94 valence electrons. The van der Waals surface area contributed by atoms with Gasteiger partial charge in [-0.15, -0.1) is 0 Å². The van der Waals surface area contributed by atoms with Gasteiger partial charge in [-0.05, 0) is 63.6 Å². The number of benzene rings is 1. The van der Waals surface area contributed by atoms with Crippen LogP contribution >= 0.6 is 50.1 Å². The van der Waals surface area contributed by atoms with Crippen LogP contribution in [0, 0.1) is 10.5 Å². The number of nitrogens with one attached hydrogen (secondary N) is 1. The summed E-state index contributed by atoms with van der Waals surface area (Å²) in [4.78, 5) is 9.02. The molecule has 0 saturated heterocycles. The standard InChI is InChI=1S/C12H10BrClIN3/c1-6-10(15)12(16-2)18-11(17-6)8-4-3-7(14)5-9(8)13/h3-5H,1-2H3,(H,16,17,18). The summed E-state index contributed by atoms with van der Waals surface area (Å²) in [5.41, 5.74) is 1.88. The number of aromatic nitrogens is 2. The number of anilines is 1. The summed E-state index contributed by atoms with van der Waals surface area (Å²) in [6.07, 6.45) is 0. The Morgan fingerprint density at radius 2 is 2.06 bits per heavy atom. The van der Waals surface area contributed by atoms with Gasteiger partial charge in [0.1, 0.15) is 5.82 Å². The molecule has 0 fully saturated rings. The van der Waals surface area contributed by atoms with E-state index in [0.717, 1.165) is 25.1 Å². The molecule has 0 saturated carbocycles. The monoisotopic (exact) mass is 437 g/mol. The molecule has 0 radical (unpaired) electrons. The van der Waals surface area contributed by atoms with Crippen molar-refractivity contribution in [3.63, 3.8) is 0 Å². The van der Waals surface area contributed by atoms with Crippen molar-refractivity contribution in [2.24, 2.45) is 0 Å². The maximum Gasteiger partial charge on any atom is 0.162 e. The average Bonchev–Trinajstić information content (AvgIpc) is 2.32. The lowest BCUT2D eigenvalue weighted by Crippen LogP contribution is -2.03. The lowest BCUT2D eigenvalue weighted by atomic mass is 10.2. The lowest BCUT2D eigenvalue weighted by molar-refractivity contribution is 1.09. The van der Waals surface area contributed by atoms with Crippen molar-refractivity contribution < 1.29 is 0 Å². The molecule has 2 aromatic rings. The third-order valence-corrected chi connectivity index (χ3v) is 4.61. The fourth-order valence-electron chi connectivity index (χ4n) is 1.52. The van der Waals surface area contributed by atoms with Gasteiger partial charge in [0.05, 0.1) is 9.26 Å². The van der Waals surface area contributed by atoms with E-state index in [0.29, 0.717) is 10.8 Å². The molecule has 1 N–H and O–H groups in total. The fourth-order valence-corrected chi connectivity index (χ4v) is 2.89. The summed E-state index contributed by atoms with van der Waals surface area (Å²) >= 11 is 11.7. The van der Waals surface area contributed by atoms with Crippen LogP contribution in [0.2, 0.25) is 5.02 Å². The Hall–Kier alpha value is -0.400. The maximum absolute atomic E-state index is 5.94. The zero-order valence-corrected chi connectivity index (χ0v) is 14.3. The first-order chi connectivity index (χ1) is 8.52. The number of aryl methyl sites for hydroxylation is 1. The second-order valence-electron chi connectivity index (χ2n) is 3.67. The Labute approximate surface area is 133 Å². The van der Waals surface area contributed by atoms with Crippen LogP contribution in [0.15, 0.2) is 22.7 Å². The molecule has 18 heavy (non-hydrogen) atoms. The highest BCUT2D eigenvalue weighted by atomic mass is 127. The first-order valence-corrected chi connectivity index (χ1v) is 7.45. The first-order valence-electron chi connectivity index (χ1n) is 5.20. The molecular weight excluding hydrogens is 428 g/mol. The van der Waals surface area contributed by atoms with Gasteiger partial charge in [0.15, 0.2) is 5.82 Å². The summed E-state index contributed by atoms with van der Waals surface area (Å²) in [6.45, 7) is 1.97. The number of rotatable bonds is 2. The van der Waals surface area contributed by atoms with Crippen molar-refractivity contribution >= 4 is 55.9 Å². The van der Waals surface area contributed by atoms with Crippen LogP contribution in [-0.2, 0) is 0 Å². The third kappa shape index (κ3) is 2.78. The van der Waals surface area contributed by atoms with E-state index in [1.165, 1.54) is 0 Å². The molecule has 0 aliphatic carbocycles. The third-order valence-electron chi connectivity index (χ3n) is 2.43. The van der Waals surface area contributed by atoms with Gasteiger partial charge < -0.3 is 5.32 Å². The predicted molar refractivity (Wildman–Crippen MR) is 87.2 cm³/mol. The molecule has 3 nitrogen and oxygen atoms in total. The number of hydrogen-bond donors (Lipinski definition) is 1. The highest BCUT2D eigenvalue weighted by Gasteiger charge is 2.12. The zero-order valence-electron chi connectivity index (χ0n) is 9.76. The first kappa shape index (κ1) is 14.0. The van der Waals surface area contributed by atoms with Gasteiger partial charge in [-0.1, -0.05) is 11.6 Å². The molecule has 0 amide bonds. The van der Waals surface area contributed by atoms with Crippen molar-refractivity contribution in [2.75, 3.05) is 12.4 Å². The topological polar surface area (TPSA) is 37.8 Å². The highest BCUT2D eigenvalue weighted by molar-refractivity contribution is 14.1. The summed E-state index contributed by atoms with van der Waals surface area (Å²) in [5.74, 6) is 1.51. The second kappa shape index (κ2) is 5.71. The molecule has 0 atom stereocenters. The van der Waals surface area contributed by atoms with E-state index in [4.69, 9.17) is 11.6 Å². The van der Waals surface area contributed by atoms with E-state index in [-0.39, 0.29) is 0 Å². The molecule has 0 aliphatic rings. The minimum atomic E-state index is 0.681.